The first-order chi connectivity index (χ1) is 9.06. The lowest BCUT2D eigenvalue weighted by Gasteiger charge is -2.11. The fourth-order valence-electron chi connectivity index (χ4n) is 1.81. The van der Waals surface area contributed by atoms with E-state index in [2.05, 4.69) is 31.3 Å². The van der Waals surface area contributed by atoms with Gasteiger partial charge in [-0.15, -0.1) is 0 Å². The summed E-state index contributed by atoms with van der Waals surface area (Å²) in [5, 5.41) is 0. The quantitative estimate of drug-likeness (QED) is 0.672. The highest BCUT2D eigenvalue weighted by atomic mass is 79.9. The minimum absolute atomic E-state index is 0.316. The Morgan fingerprint density at radius 2 is 2.11 bits per heavy atom. The lowest BCUT2D eigenvalue weighted by atomic mass is 10.1. The molecule has 2 aromatic rings. The molecule has 0 saturated heterocycles. The second-order valence-electron chi connectivity index (χ2n) is 4.09. The predicted octanol–water partition coefficient (Wildman–Crippen LogP) is 3.20. The van der Waals surface area contributed by atoms with Crippen molar-refractivity contribution in [3.8, 4) is 11.4 Å². The zero-order valence-electron chi connectivity index (χ0n) is 10.7. The van der Waals surface area contributed by atoms with Crippen LogP contribution >= 0.6 is 15.9 Å². The summed E-state index contributed by atoms with van der Waals surface area (Å²) in [6.07, 6.45) is 0.776. The average Bonchev–Trinajstić information content (AvgIpc) is 2.42. The van der Waals surface area contributed by atoms with Crippen LogP contribution in [0.2, 0.25) is 0 Å². The Morgan fingerprint density at radius 3 is 2.68 bits per heavy atom. The molecule has 100 valence electrons. The highest BCUT2D eigenvalue weighted by Gasteiger charge is 2.11. The summed E-state index contributed by atoms with van der Waals surface area (Å²) in [6, 6.07) is 4.67. The van der Waals surface area contributed by atoms with Crippen molar-refractivity contribution >= 4 is 21.7 Å². The lowest BCUT2D eigenvalue weighted by molar-refractivity contribution is 0.621. The van der Waals surface area contributed by atoms with Crippen LogP contribution in [0.4, 0.5) is 10.2 Å². The van der Waals surface area contributed by atoms with Crippen LogP contribution in [0.1, 0.15) is 18.2 Å². The summed E-state index contributed by atoms with van der Waals surface area (Å²) >= 11 is 3.16. The fraction of sp³-hybridized carbons (Fsp3) is 0.231. The Bertz CT molecular complexity index is 591. The summed E-state index contributed by atoms with van der Waals surface area (Å²) in [6.45, 7) is 3.93. The van der Waals surface area contributed by atoms with Gasteiger partial charge in [-0.1, -0.05) is 6.92 Å². The summed E-state index contributed by atoms with van der Waals surface area (Å²) in [4.78, 5) is 8.84. The Hall–Kier alpha value is -1.53. The van der Waals surface area contributed by atoms with Gasteiger partial charge in [-0.2, -0.15) is 0 Å². The molecular weight excluding hydrogens is 311 g/mol. The van der Waals surface area contributed by atoms with Crippen molar-refractivity contribution in [2.24, 2.45) is 5.84 Å². The number of nitrogens with one attached hydrogen (secondary N) is 1. The van der Waals surface area contributed by atoms with Gasteiger partial charge in [0.25, 0.3) is 0 Å². The first-order valence-corrected chi connectivity index (χ1v) is 6.65. The lowest BCUT2D eigenvalue weighted by Crippen LogP contribution is -2.13. The molecule has 0 unspecified atom stereocenters. The first kappa shape index (κ1) is 13.9. The molecule has 0 saturated carbocycles. The molecule has 0 aliphatic rings. The number of nitrogens with zero attached hydrogens (tertiary/aromatic N) is 2. The second kappa shape index (κ2) is 5.63. The smallest absolute Gasteiger partial charge is 0.161 e. The van der Waals surface area contributed by atoms with E-state index in [0.717, 1.165) is 23.2 Å². The summed E-state index contributed by atoms with van der Waals surface area (Å²) in [7, 11) is 0. The molecule has 2 rings (SSSR count). The van der Waals surface area contributed by atoms with Gasteiger partial charge >= 0.3 is 0 Å². The van der Waals surface area contributed by atoms with E-state index in [4.69, 9.17) is 5.84 Å². The number of hydrogen-bond donors (Lipinski definition) is 2. The number of rotatable bonds is 3. The van der Waals surface area contributed by atoms with E-state index in [9.17, 15) is 4.39 Å². The van der Waals surface area contributed by atoms with Gasteiger partial charge in [-0.25, -0.2) is 20.2 Å². The second-order valence-corrected chi connectivity index (χ2v) is 4.95. The first-order valence-electron chi connectivity index (χ1n) is 5.86. The molecule has 6 heteroatoms. The predicted molar refractivity (Wildman–Crippen MR) is 77.1 cm³/mol. The van der Waals surface area contributed by atoms with Crippen LogP contribution in [0.15, 0.2) is 22.7 Å². The molecule has 0 bridgehead atoms. The number of aromatic nitrogens is 2. The molecule has 4 nitrogen and oxygen atoms in total. The summed E-state index contributed by atoms with van der Waals surface area (Å²) in [5.41, 5.74) is 5.15. The minimum Gasteiger partial charge on any atom is -0.308 e. The van der Waals surface area contributed by atoms with E-state index in [1.165, 1.54) is 6.07 Å². The summed E-state index contributed by atoms with van der Waals surface area (Å²) < 4.78 is 13.6. The molecule has 1 aromatic heterocycles. The van der Waals surface area contributed by atoms with Gasteiger partial charge in [0, 0.05) is 16.8 Å². The van der Waals surface area contributed by atoms with Crippen molar-refractivity contribution in [2.45, 2.75) is 20.3 Å². The Kier molecular flexibility index (Phi) is 4.11. The number of hydrogen-bond acceptors (Lipinski definition) is 4. The molecule has 0 fully saturated rings. The van der Waals surface area contributed by atoms with E-state index < -0.39 is 0 Å². The van der Waals surface area contributed by atoms with Crippen LogP contribution in [0.25, 0.3) is 11.4 Å². The molecule has 3 N–H and O–H groups in total. The Balaban J connectivity index is 2.58. The molecule has 1 aromatic carbocycles. The number of benzene rings is 1. The molecule has 0 amide bonds. The van der Waals surface area contributed by atoms with Crippen LogP contribution < -0.4 is 11.3 Å². The van der Waals surface area contributed by atoms with Gasteiger partial charge in [0.05, 0.1) is 4.47 Å². The van der Waals surface area contributed by atoms with Gasteiger partial charge in [0.2, 0.25) is 0 Å². The van der Waals surface area contributed by atoms with Crippen molar-refractivity contribution in [2.75, 3.05) is 5.43 Å². The average molecular weight is 325 g/mol. The van der Waals surface area contributed by atoms with Gasteiger partial charge in [0.15, 0.2) is 5.82 Å². The Morgan fingerprint density at radius 1 is 1.37 bits per heavy atom. The Labute approximate surface area is 119 Å². The standard InChI is InChI=1S/C13H14BrFN4/c1-3-11-7(2)12(19-16)18-13(17-11)8-4-5-10(15)9(14)6-8/h4-6H,3,16H2,1-2H3,(H,17,18,19). The van der Waals surface area contributed by atoms with Crippen LogP contribution in [0, 0.1) is 12.7 Å². The molecule has 0 aliphatic heterocycles. The van der Waals surface area contributed by atoms with Gasteiger partial charge in [0.1, 0.15) is 11.6 Å². The number of halogens is 2. The molecular formula is C13H14BrFN4. The van der Waals surface area contributed by atoms with E-state index >= 15 is 0 Å². The number of anilines is 1. The molecule has 0 spiro atoms. The molecule has 0 radical (unpaired) electrons. The third-order valence-corrected chi connectivity index (χ3v) is 3.50. The highest BCUT2D eigenvalue weighted by Crippen LogP contribution is 2.25. The third-order valence-electron chi connectivity index (χ3n) is 2.90. The number of aryl methyl sites for hydroxylation is 1. The number of nitrogens with two attached hydrogens (primary N) is 1. The van der Waals surface area contributed by atoms with Crippen molar-refractivity contribution < 1.29 is 4.39 Å². The molecule has 0 atom stereocenters. The monoisotopic (exact) mass is 324 g/mol. The molecule has 1 heterocycles. The maximum Gasteiger partial charge on any atom is 0.161 e. The molecule has 0 aliphatic carbocycles. The van der Waals surface area contributed by atoms with Crippen molar-refractivity contribution in [3.05, 3.63) is 39.7 Å². The normalized spacial score (nSPS) is 10.6. The SMILES string of the molecule is CCc1nc(-c2ccc(F)c(Br)c2)nc(NN)c1C. The fourth-order valence-corrected chi connectivity index (χ4v) is 2.19. The van der Waals surface area contributed by atoms with Gasteiger partial charge in [-0.05, 0) is 47.5 Å². The largest absolute Gasteiger partial charge is 0.308 e. The van der Waals surface area contributed by atoms with Crippen LogP contribution in [0.3, 0.4) is 0 Å². The summed E-state index contributed by atoms with van der Waals surface area (Å²) in [5.74, 6) is 6.26. The zero-order chi connectivity index (χ0) is 14.0. The van der Waals surface area contributed by atoms with Gasteiger partial charge in [-0.3, -0.25) is 0 Å². The van der Waals surface area contributed by atoms with E-state index in [0.29, 0.717) is 16.1 Å². The number of hydrazine groups is 1. The van der Waals surface area contributed by atoms with Crippen LogP contribution in [0.5, 0.6) is 0 Å². The van der Waals surface area contributed by atoms with Crippen molar-refractivity contribution in [3.63, 3.8) is 0 Å². The third kappa shape index (κ3) is 2.74. The maximum absolute atomic E-state index is 13.2. The zero-order valence-corrected chi connectivity index (χ0v) is 12.3. The van der Waals surface area contributed by atoms with Gasteiger partial charge < -0.3 is 5.43 Å². The maximum atomic E-state index is 13.2. The number of nitrogen functional groups attached to an aromatic ring is 1. The topological polar surface area (TPSA) is 63.8 Å². The molecule has 19 heavy (non-hydrogen) atoms. The van der Waals surface area contributed by atoms with Crippen molar-refractivity contribution in [1.29, 1.82) is 0 Å². The van der Waals surface area contributed by atoms with Crippen LogP contribution in [-0.2, 0) is 6.42 Å². The van der Waals surface area contributed by atoms with Crippen LogP contribution in [-0.4, -0.2) is 9.97 Å². The minimum atomic E-state index is -0.316. The van der Waals surface area contributed by atoms with E-state index in [1.807, 2.05) is 13.8 Å². The highest BCUT2D eigenvalue weighted by molar-refractivity contribution is 9.10. The van der Waals surface area contributed by atoms with E-state index in [-0.39, 0.29) is 5.82 Å². The van der Waals surface area contributed by atoms with Crippen molar-refractivity contribution in [1.82, 2.24) is 9.97 Å². The van der Waals surface area contributed by atoms with E-state index in [1.54, 1.807) is 12.1 Å².